The first-order valence-electron chi connectivity index (χ1n) is 11.7. The van der Waals surface area contributed by atoms with Crippen LogP contribution in [0.25, 0.3) is 12.2 Å². The molecule has 1 heterocycles. The van der Waals surface area contributed by atoms with Gasteiger partial charge in [-0.1, -0.05) is 97.1 Å². The Bertz CT molecular complexity index is 1390. The van der Waals surface area contributed by atoms with Crippen molar-refractivity contribution in [3.05, 3.63) is 165 Å². The highest BCUT2D eigenvalue weighted by atomic mass is 16.6. The molecule has 36 heavy (non-hydrogen) atoms. The molecule has 0 amide bonds. The van der Waals surface area contributed by atoms with Crippen LogP contribution in [0.5, 0.6) is 0 Å². The largest absolute Gasteiger partial charge is 0.316 e. The first-order chi connectivity index (χ1) is 17.6. The second-order valence-corrected chi connectivity index (χ2v) is 8.58. The average molecular weight is 472 g/mol. The van der Waals surface area contributed by atoms with Crippen LogP contribution in [0.2, 0.25) is 0 Å². The van der Waals surface area contributed by atoms with Crippen molar-refractivity contribution in [1.29, 1.82) is 0 Å². The zero-order chi connectivity index (χ0) is 25.0. The van der Waals surface area contributed by atoms with Gasteiger partial charge in [0.25, 0.3) is 5.69 Å². The van der Waals surface area contributed by atoms with Crippen molar-refractivity contribution in [2.75, 3.05) is 0 Å². The minimum absolute atomic E-state index is 0.0750. The van der Waals surface area contributed by atoms with Gasteiger partial charge in [-0.25, -0.2) is 4.98 Å². The Kier molecular flexibility index (Phi) is 6.29. The Hall–Kier alpha value is -4.77. The van der Waals surface area contributed by atoms with Crippen molar-refractivity contribution in [1.82, 2.24) is 9.55 Å². The standard InChI is InChI=1S/C31H25N3O2/c1-24-30(22-19-25-17-20-29(21-18-25)34(35)36)32-23-33(24)31(26-11-5-2-6-12-26,27-13-7-3-8-14-27)28-15-9-4-10-16-28/h2-23H,1H3/b22-19+. The van der Waals surface area contributed by atoms with E-state index in [0.29, 0.717) is 0 Å². The van der Waals surface area contributed by atoms with Crippen LogP contribution in [0.1, 0.15) is 33.6 Å². The van der Waals surface area contributed by atoms with Crippen LogP contribution in [0.15, 0.2) is 122 Å². The lowest BCUT2D eigenvalue weighted by Gasteiger charge is -2.38. The van der Waals surface area contributed by atoms with Gasteiger partial charge in [0.2, 0.25) is 0 Å². The van der Waals surface area contributed by atoms with Crippen LogP contribution in [-0.2, 0) is 5.54 Å². The second kappa shape index (κ2) is 9.84. The third-order valence-electron chi connectivity index (χ3n) is 6.52. The third-order valence-corrected chi connectivity index (χ3v) is 6.52. The van der Waals surface area contributed by atoms with Gasteiger partial charge in [0.1, 0.15) is 5.54 Å². The van der Waals surface area contributed by atoms with E-state index < -0.39 is 10.5 Å². The molecule has 0 spiro atoms. The number of hydrogen-bond acceptors (Lipinski definition) is 3. The summed E-state index contributed by atoms with van der Waals surface area (Å²) in [7, 11) is 0. The van der Waals surface area contributed by atoms with Crippen molar-refractivity contribution in [3.63, 3.8) is 0 Å². The number of imidazole rings is 1. The Balaban J connectivity index is 1.68. The lowest BCUT2D eigenvalue weighted by atomic mass is 9.76. The molecule has 1 aromatic heterocycles. The molecule has 0 saturated heterocycles. The molecule has 4 aromatic carbocycles. The van der Waals surface area contributed by atoms with E-state index in [9.17, 15) is 10.1 Å². The summed E-state index contributed by atoms with van der Waals surface area (Å²) in [4.78, 5) is 15.4. The van der Waals surface area contributed by atoms with E-state index in [0.717, 1.165) is 33.6 Å². The molecule has 5 rings (SSSR count). The fourth-order valence-corrected chi connectivity index (χ4v) is 4.76. The van der Waals surface area contributed by atoms with Crippen molar-refractivity contribution < 1.29 is 4.92 Å². The van der Waals surface area contributed by atoms with Crippen LogP contribution in [0.3, 0.4) is 0 Å². The molecule has 0 aliphatic rings. The number of nitro benzene ring substituents is 1. The smallest absolute Gasteiger partial charge is 0.269 e. The van der Waals surface area contributed by atoms with Gasteiger partial charge in [0.15, 0.2) is 0 Å². The number of benzene rings is 4. The maximum absolute atomic E-state index is 11.0. The quantitative estimate of drug-likeness (QED) is 0.144. The minimum atomic E-state index is -0.625. The monoisotopic (exact) mass is 471 g/mol. The number of nitro groups is 1. The molecule has 0 unspecified atom stereocenters. The van der Waals surface area contributed by atoms with E-state index in [4.69, 9.17) is 4.98 Å². The summed E-state index contributed by atoms with van der Waals surface area (Å²) in [5, 5.41) is 11.0. The molecule has 176 valence electrons. The number of hydrogen-bond donors (Lipinski definition) is 0. The van der Waals surface area contributed by atoms with Crippen molar-refractivity contribution in [2.24, 2.45) is 0 Å². The number of nitrogens with zero attached hydrogens (tertiary/aromatic N) is 3. The zero-order valence-corrected chi connectivity index (χ0v) is 19.9. The van der Waals surface area contributed by atoms with E-state index >= 15 is 0 Å². The highest BCUT2D eigenvalue weighted by molar-refractivity contribution is 5.69. The van der Waals surface area contributed by atoms with Gasteiger partial charge < -0.3 is 4.57 Å². The van der Waals surface area contributed by atoms with Crippen LogP contribution in [0, 0.1) is 17.0 Å². The molecule has 0 bridgehead atoms. The average Bonchev–Trinajstić information content (AvgIpc) is 3.30. The highest BCUT2D eigenvalue weighted by Crippen LogP contribution is 2.42. The minimum Gasteiger partial charge on any atom is -0.316 e. The molecule has 0 atom stereocenters. The van der Waals surface area contributed by atoms with Crippen LogP contribution < -0.4 is 0 Å². The van der Waals surface area contributed by atoms with Crippen LogP contribution in [0.4, 0.5) is 5.69 Å². The molecular weight excluding hydrogens is 446 g/mol. The van der Waals surface area contributed by atoms with Crippen LogP contribution >= 0.6 is 0 Å². The SMILES string of the molecule is Cc1c(/C=C/c2ccc([N+](=O)[O-])cc2)ncn1C(c1ccccc1)(c1ccccc1)c1ccccc1. The normalized spacial score (nSPS) is 11.6. The fraction of sp³-hybridized carbons (Fsp3) is 0.0645. The van der Waals surface area contributed by atoms with E-state index in [1.54, 1.807) is 12.1 Å². The summed E-state index contributed by atoms with van der Waals surface area (Å²) in [5.74, 6) is 0. The van der Waals surface area contributed by atoms with E-state index in [-0.39, 0.29) is 5.69 Å². The molecule has 0 N–H and O–H groups in total. The topological polar surface area (TPSA) is 61.0 Å². The molecule has 0 aliphatic heterocycles. The predicted octanol–water partition coefficient (Wildman–Crippen LogP) is 7.11. The molecule has 0 radical (unpaired) electrons. The fourth-order valence-electron chi connectivity index (χ4n) is 4.76. The first-order valence-corrected chi connectivity index (χ1v) is 11.7. The van der Waals surface area contributed by atoms with Gasteiger partial charge in [-0.3, -0.25) is 10.1 Å². The Morgan fingerprint density at radius 2 is 1.19 bits per heavy atom. The van der Waals surface area contributed by atoms with Gasteiger partial charge in [0, 0.05) is 17.8 Å². The van der Waals surface area contributed by atoms with E-state index in [1.807, 2.05) is 36.7 Å². The summed E-state index contributed by atoms with van der Waals surface area (Å²) in [6.07, 6.45) is 5.79. The molecule has 0 saturated carbocycles. The molecule has 5 nitrogen and oxygen atoms in total. The van der Waals surface area contributed by atoms with Gasteiger partial charge in [-0.05, 0) is 47.4 Å². The molecule has 5 aromatic rings. The number of non-ortho nitro benzene ring substituents is 1. The summed E-state index contributed by atoms with van der Waals surface area (Å²) in [6.45, 7) is 2.08. The lowest BCUT2D eigenvalue weighted by Crippen LogP contribution is -2.38. The predicted molar refractivity (Wildman–Crippen MR) is 144 cm³/mol. The first kappa shape index (κ1) is 23.0. The van der Waals surface area contributed by atoms with Gasteiger partial charge >= 0.3 is 0 Å². The van der Waals surface area contributed by atoms with E-state index in [2.05, 4.69) is 84.3 Å². The van der Waals surface area contributed by atoms with Crippen molar-refractivity contribution >= 4 is 17.8 Å². The maximum atomic E-state index is 11.0. The summed E-state index contributed by atoms with van der Waals surface area (Å²) in [5.41, 5.74) is 5.56. The molecule has 5 heteroatoms. The lowest BCUT2D eigenvalue weighted by molar-refractivity contribution is -0.384. The Morgan fingerprint density at radius 3 is 1.64 bits per heavy atom. The van der Waals surface area contributed by atoms with Crippen molar-refractivity contribution in [3.8, 4) is 0 Å². The van der Waals surface area contributed by atoms with Gasteiger partial charge in [0.05, 0.1) is 16.9 Å². The van der Waals surface area contributed by atoms with Crippen LogP contribution in [-0.4, -0.2) is 14.5 Å². The Labute approximate surface area is 210 Å². The van der Waals surface area contributed by atoms with Crippen molar-refractivity contribution in [2.45, 2.75) is 12.5 Å². The summed E-state index contributed by atoms with van der Waals surface area (Å²) >= 11 is 0. The molecular formula is C31H25N3O2. The van der Waals surface area contributed by atoms with E-state index in [1.165, 1.54) is 12.1 Å². The van der Waals surface area contributed by atoms with Gasteiger partial charge in [-0.2, -0.15) is 0 Å². The highest BCUT2D eigenvalue weighted by Gasteiger charge is 2.39. The Morgan fingerprint density at radius 1 is 0.722 bits per heavy atom. The molecule has 0 fully saturated rings. The third kappa shape index (κ3) is 4.12. The zero-order valence-electron chi connectivity index (χ0n) is 19.9. The number of aromatic nitrogens is 2. The number of rotatable bonds is 7. The second-order valence-electron chi connectivity index (χ2n) is 8.58. The maximum Gasteiger partial charge on any atom is 0.269 e. The molecule has 0 aliphatic carbocycles. The van der Waals surface area contributed by atoms with Gasteiger partial charge in [-0.15, -0.1) is 0 Å². The summed E-state index contributed by atoms with van der Waals surface area (Å²) in [6, 6.07) is 37.9. The summed E-state index contributed by atoms with van der Waals surface area (Å²) < 4.78 is 2.24.